The number of hydrogen-bond donors (Lipinski definition) is 0. The van der Waals surface area contributed by atoms with Crippen molar-refractivity contribution >= 4 is 16.7 Å². The van der Waals surface area contributed by atoms with Crippen molar-refractivity contribution in [3.63, 3.8) is 0 Å². The van der Waals surface area contributed by atoms with E-state index in [9.17, 15) is 9.59 Å². The van der Waals surface area contributed by atoms with Crippen LogP contribution in [0.2, 0.25) is 0 Å². The predicted octanol–water partition coefficient (Wildman–Crippen LogP) is 3.31. The third-order valence-electron chi connectivity index (χ3n) is 4.71. The fraction of sp³-hybridized carbons (Fsp3) is 0.550. The van der Waals surface area contributed by atoms with Crippen LogP contribution in [0.4, 0.5) is 0 Å². The van der Waals surface area contributed by atoms with E-state index in [-0.39, 0.29) is 24.0 Å². The molecule has 1 atom stereocenters. The highest BCUT2D eigenvalue weighted by atomic mass is 16.6. The molecule has 1 unspecified atom stereocenters. The Bertz CT molecular complexity index is 809. The van der Waals surface area contributed by atoms with E-state index >= 15 is 0 Å². The van der Waals surface area contributed by atoms with E-state index in [1.54, 1.807) is 24.3 Å². The first-order valence-electron chi connectivity index (χ1n) is 9.49. The SMILES string of the molecule is CCCCCn1nc(C(=O)OCC2CCCCO2)c2ccccc2c1=O. The summed E-state index contributed by atoms with van der Waals surface area (Å²) in [6.07, 6.45) is 5.92. The predicted molar refractivity (Wildman–Crippen MR) is 99.4 cm³/mol. The van der Waals surface area contributed by atoms with Gasteiger partial charge in [-0.1, -0.05) is 38.0 Å². The molecule has 0 spiro atoms. The summed E-state index contributed by atoms with van der Waals surface area (Å²) in [5.41, 5.74) is 0.0383. The summed E-state index contributed by atoms with van der Waals surface area (Å²) >= 11 is 0. The Morgan fingerprint density at radius 2 is 2.08 bits per heavy atom. The van der Waals surface area contributed by atoms with Gasteiger partial charge < -0.3 is 9.47 Å². The lowest BCUT2D eigenvalue weighted by Crippen LogP contribution is -2.29. The van der Waals surface area contributed by atoms with Crippen molar-refractivity contribution in [2.75, 3.05) is 13.2 Å². The van der Waals surface area contributed by atoms with E-state index in [1.807, 2.05) is 0 Å². The van der Waals surface area contributed by atoms with Crippen LogP contribution in [-0.2, 0) is 16.0 Å². The number of ether oxygens (including phenoxy) is 2. The molecule has 0 radical (unpaired) electrons. The van der Waals surface area contributed by atoms with Crippen LogP contribution in [0.15, 0.2) is 29.1 Å². The zero-order chi connectivity index (χ0) is 18.4. The van der Waals surface area contributed by atoms with E-state index < -0.39 is 5.97 Å². The van der Waals surface area contributed by atoms with Crippen LogP contribution in [0.5, 0.6) is 0 Å². The Balaban J connectivity index is 1.84. The first-order chi connectivity index (χ1) is 12.7. The summed E-state index contributed by atoms with van der Waals surface area (Å²) < 4.78 is 12.5. The van der Waals surface area contributed by atoms with E-state index in [0.29, 0.717) is 23.9 Å². The number of aromatic nitrogens is 2. The Hall–Kier alpha value is -2.21. The maximum Gasteiger partial charge on any atom is 0.359 e. The highest BCUT2D eigenvalue weighted by molar-refractivity contribution is 6.02. The molecule has 1 aromatic heterocycles. The number of aryl methyl sites for hydroxylation is 1. The zero-order valence-corrected chi connectivity index (χ0v) is 15.3. The summed E-state index contributed by atoms with van der Waals surface area (Å²) in [7, 11) is 0. The summed E-state index contributed by atoms with van der Waals surface area (Å²) in [5.74, 6) is -0.500. The summed E-state index contributed by atoms with van der Waals surface area (Å²) in [5, 5.41) is 5.37. The third kappa shape index (κ3) is 4.30. The van der Waals surface area contributed by atoms with Crippen molar-refractivity contribution in [1.29, 1.82) is 0 Å². The van der Waals surface area contributed by atoms with Crippen LogP contribution in [0.1, 0.15) is 55.9 Å². The maximum absolute atomic E-state index is 12.6. The molecule has 6 heteroatoms. The molecule has 1 aliphatic rings. The number of carbonyl (C=O) groups excluding carboxylic acids is 1. The number of esters is 1. The highest BCUT2D eigenvalue weighted by Gasteiger charge is 2.21. The molecule has 0 amide bonds. The summed E-state index contributed by atoms with van der Waals surface area (Å²) in [6, 6.07) is 7.07. The van der Waals surface area contributed by atoms with Crippen LogP contribution >= 0.6 is 0 Å². The van der Waals surface area contributed by atoms with Gasteiger partial charge in [0.05, 0.1) is 11.5 Å². The number of fused-ring (bicyclic) bond motifs is 1. The fourth-order valence-electron chi connectivity index (χ4n) is 3.22. The van der Waals surface area contributed by atoms with Crippen molar-refractivity contribution < 1.29 is 14.3 Å². The normalized spacial score (nSPS) is 17.3. The molecule has 1 saturated heterocycles. The van der Waals surface area contributed by atoms with E-state index in [0.717, 1.165) is 38.5 Å². The van der Waals surface area contributed by atoms with Crippen molar-refractivity contribution in [2.45, 2.75) is 58.1 Å². The lowest BCUT2D eigenvalue weighted by molar-refractivity contribution is -0.0302. The van der Waals surface area contributed by atoms with Gasteiger partial charge in [0.2, 0.25) is 0 Å². The zero-order valence-electron chi connectivity index (χ0n) is 15.3. The first kappa shape index (κ1) is 18.6. The summed E-state index contributed by atoms with van der Waals surface area (Å²) in [6.45, 7) is 3.55. The highest BCUT2D eigenvalue weighted by Crippen LogP contribution is 2.17. The monoisotopic (exact) mass is 358 g/mol. The average molecular weight is 358 g/mol. The molecule has 26 heavy (non-hydrogen) atoms. The van der Waals surface area contributed by atoms with Crippen LogP contribution in [0.3, 0.4) is 0 Å². The summed E-state index contributed by atoms with van der Waals surface area (Å²) in [4.78, 5) is 25.3. The standard InChI is InChI=1S/C20H26N2O4/c1-2-3-7-12-22-19(23)17-11-5-4-10-16(17)18(21-22)20(24)26-14-15-9-6-8-13-25-15/h4-5,10-11,15H,2-3,6-9,12-14H2,1H3. The molecule has 3 rings (SSSR count). The van der Waals surface area contributed by atoms with Gasteiger partial charge in [-0.2, -0.15) is 5.10 Å². The second-order valence-corrected chi connectivity index (χ2v) is 6.72. The van der Waals surface area contributed by atoms with Gasteiger partial charge in [0.15, 0.2) is 5.69 Å². The Morgan fingerprint density at radius 1 is 1.27 bits per heavy atom. The van der Waals surface area contributed by atoms with Crippen molar-refractivity contribution in [3.05, 3.63) is 40.3 Å². The van der Waals surface area contributed by atoms with E-state index in [2.05, 4.69) is 12.0 Å². The molecule has 2 heterocycles. The molecule has 6 nitrogen and oxygen atoms in total. The second kappa shape index (κ2) is 8.94. The maximum atomic E-state index is 12.6. The van der Waals surface area contributed by atoms with Gasteiger partial charge in [0.25, 0.3) is 5.56 Å². The van der Waals surface area contributed by atoms with Crippen LogP contribution in [-0.4, -0.2) is 35.1 Å². The van der Waals surface area contributed by atoms with Gasteiger partial charge in [-0.3, -0.25) is 4.79 Å². The smallest absolute Gasteiger partial charge is 0.359 e. The number of hydrogen-bond acceptors (Lipinski definition) is 5. The van der Waals surface area contributed by atoms with Crippen LogP contribution < -0.4 is 5.56 Å². The van der Waals surface area contributed by atoms with Crippen molar-refractivity contribution in [3.8, 4) is 0 Å². The van der Waals surface area contributed by atoms with Gasteiger partial charge in [0, 0.05) is 18.5 Å². The molecular weight excluding hydrogens is 332 g/mol. The van der Waals surface area contributed by atoms with Gasteiger partial charge in [-0.15, -0.1) is 0 Å². The minimum Gasteiger partial charge on any atom is -0.458 e. The molecule has 0 saturated carbocycles. The quantitative estimate of drug-likeness (QED) is 0.561. The van der Waals surface area contributed by atoms with Crippen molar-refractivity contribution in [2.24, 2.45) is 0 Å². The number of carbonyl (C=O) groups is 1. The van der Waals surface area contributed by atoms with Crippen LogP contribution in [0.25, 0.3) is 10.8 Å². The van der Waals surface area contributed by atoms with Gasteiger partial charge >= 0.3 is 5.97 Å². The Kier molecular flexibility index (Phi) is 6.39. The number of nitrogens with zero attached hydrogens (tertiary/aromatic N) is 2. The molecular formula is C20H26N2O4. The molecule has 0 bridgehead atoms. The van der Waals surface area contributed by atoms with E-state index in [1.165, 1.54) is 4.68 Å². The van der Waals surface area contributed by atoms with Gasteiger partial charge in [-0.05, 0) is 31.7 Å². The fourth-order valence-corrected chi connectivity index (χ4v) is 3.22. The molecule has 1 fully saturated rings. The minimum atomic E-state index is -0.500. The molecule has 140 valence electrons. The largest absolute Gasteiger partial charge is 0.458 e. The number of unbranched alkanes of at least 4 members (excludes halogenated alkanes) is 2. The third-order valence-corrected chi connectivity index (χ3v) is 4.71. The number of rotatable bonds is 7. The van der Waals surface area contributed by atoms with Crippen molar-refractivity contribution in [1.82, 2.24) is 9.78 Å². The van der Waals surface area contributed by atoms with Gasteiger partial charge in [-0.25, -0.2) is 9.48 Å². The molecule has 0 aliphatic carbocycles. The minimum absolute atomic E-state index is 0.0468. The molecule has 1 aromatic carbocycles. The molecule has 1 aliphatic heterocycles. The lowest BCUT2D eigenvalue weighted by Gasteiger charge is -2.22. The Labute approximate surface area is 153 Å². The molecule has 0 N–H and O–H groups in total. The van der Waals surface area contributed by atoms with Gasteiger partial charge in [0.1, 0.15) is 6.61 Å². The average Bonchev–Trinajstić information content (AvgIpc) is 2.69. The Morgan fingerprint density at radius 3 is 2.81 bits per heavy atom. The first-order valence-corrected chi connectivity index (χ1v) is 9.49. The second-order valence-electron chi connectivity index (χ2n) is 6.72. The van der Waals surface area contributed by atoms with Crippen LogP contribution in [0, 0.1) is 0 Å². The lowest BCUT2D eigenvalue weighted by atomic mass is 10.1. The number of benzene rings is 1. The topological polar surface area (TPSA) is 70.4 Å². The van der Waals surface area contributed by atoms with E-state index in [4.69, 9.17) is 9.47 Å². The molecule has 2 aromatic rings.